The highest BCUT2D eigenvalue weighted by atomic mass is 16.5. The Morgan fingerprint density at radius 3 is 1.30 bits per heavy atom. The summed E-state index contributed by atoms with van der Waals surface area (Å²) >= 11 is 0. The van der Waals surface area contributed by atoms with Crippen LogP contribution in [0.15, 0.2) is 36.5 Å². The molecule has 0 bridgehead atoms. The van der Waals surface area contributed by atoms with Gasteiger partial charge < -0.3 is 20.3 Å². The fraction of sp³-hybridized carbons (Fsp3) is 0.855. The number of ether oxygens (including phenoxy) is 1. The van der Waals surface area contributed by atoms with Crippen LogP contribution in [0.5, 0.6) is 0 Å². The van der Waals surface area contributed by atoms with Gasteiger partial charge in [-0.15, -0.1) is 0 Å². The van der Waals surface area contributed by atoms with E-state index in [2.05, 4.69) is 62.5 Å². The number of hydrogen-bond acceptors (Lipinski definition) is 5. The molecular weight excluding hydrogens is 755 g/mol. The number of rotatable bonds is 48. The Bertz CT molecular complexity index is 1010. The molecule has 0 heterocycles. The molecule has 3 unspecified atom stereocenters. The summed E-state index contributed by atoms with van der Waals surface area (Å²) in [6, 6.07) is -0.704. The Labute approximate surface area is 379 Å². The molecule has 0 aromatic heterocycles. The standard InChI is InChI=1S/C55H103NO5/c1-4-7-10-13-16-19-22-24-26-27-28-29-32-34-37-40-43-46-51(61-55(60)48-45-42-39-36-33-30-25-23-20-17-14-11-8-5-2)49-54(59)56-52(50-57)53(58)47-44-41-38-35-31-21-18-15-12-9-6-3/h16,19,24,26,30,33,51-53,57-58H,4-15,17-18,20-23,25,27-29,31-32,34-50H2,1-3H3,(H,56,59)/b19-16-,26-24-,33-30-. The maximum atomic E-state index is 13.2. The van der Waals surface area contributed by atoms with Crippen molar-refractivity contribution in [1.29, 1.82) is 0 Å². The summed E-state index contributed by atoms with van der Waals surface area (Å²) in [5, 5.41) is 23.8. The molecule has 0 rings (SSSR count). The molecule has 0 radical (unpaired) electrons. The van der Waals surface area contributed by atoms with Crippen molar-refractivity contribution in [2.75, 3.05) is 6.61 Å². The second kappa shape index (κ2) is 49.1. The normalized spacial score (nSPS) is 13.5. The molecule has 3 atom stereocenters. The van der Waals surface area contributed by atoms with E-state index in [4.69, 9.17) is 4.74 Å². The molecule has 6 nitrogen and oxygen atoms in total. The van der Waals surface area contributed by atoms with E-state index in [0.717, 1.165) is 77.0 Å². The third kappa shape index (κ3) is 44.5. The van der Waals surface area contributed by atoms with Crippen LogP contribution < -0.4 is 5.32 Å². The summed E-state index contributed by atoms with van der Waals surface area (Å²) in [4.78, 5) is 26.2. The fourth-order valence-electron chi connectivity index (χ4n) is 8.10. The second-order valence-electron chi connectivity index (χ2n) is 18.3. The summed E-state index contributed by atoms with van der Waals surface area (Å²) < 4.78 is 5.93. The van der Waals surface area contributed by atoms with Gasteiger partial charge in [0.2, 0.25) is 5.91 Å². The van der Waals surface area contributed by atoms with E-state index in [1.807, 2.05) is 0 Å². The lowest BCUT2D eigenvalue weighted by Crippen LogP contribution is -2.46. The van der Waals surface area contributed by atoms with E-state index in [1.165, 1.54) is 154 Å². The van der Waals surface area contributed by atoms with Crippen LogP contribution in [0.2, 0.25) is 0 Å². The lowest BCUT2D eigenvalue weighted by Gasteiger charge is -2.24. The van der Waals surface area contributed by atoms with Gasteiger partial charge in [0.1, 0.15) is 6.10 Å². The molecule has 0 saturated heterocycles. The third-order valence-electron chi connectivity index (χ3n) is 12.2. The number of carbonyl (C=O) groups excluding carboxylic acids is 2. The molecule has 0 aromatic rings. The fourth-order valence-corrected chi connectivity index (χ4v) is 8.10. The first-order chi connectivity index (χ1) is 30.0. The Hall–Kier alpha value is -1.92. The van der Waals surface area contributed by atoms with Gasteiger partial charge in [0.15, 0.2) is 0 Å². The Kier molecular flexibility index (Phi) is 47.6. The number of hydrogen-bond donors (Lipinski definition) is 3. The number of carbonyl (C=O) groups is 2. The average Bonchev–Trinajstić information content (AvgIpc) is 3.25. The zero-order chi connectivity index (χ0) is 44.5. The summed E-state index contributed by atoms with van der Waals surface area (Å²) in [5.41, 5.74) is 0. The van der Waals surface area contributed by atoms with Crippen molar-refractivity contribution in [2.45, 2.75) is 296 Å². The van der Waals surface area contributed by atoms with Gasteiger partial charge in [0.25, 0.3) is 0 Å². The van der Waals surface area contributed by atoms with Gasteiger partial charge in [-0.3, -0.25) is 9.59 Å². The molecule has 0 aromatic carbocycles. The van der Waals surface area contributed by atoms with Crippen molar-refractivity contribution in [1.82, 2.24) is 5.32 Å². The van der Waals surface area contributed by atoms with E-state index < -0.39 is 18.2 Å². The molecule has 61 heavy (non-hydrogen) atoms. The number of unbranched alkanes of at least 4 members (excludes halogenated alkanes) is 30. The lowest BCUT2D eigenvalue weighted by molar-refractivity contribution is -0.151. The first-order valence-electron chi connectivity index (χ1n) is 26.7. The summed E-state index contributed by atoms with van der Waals surface area (Å²) in [5.74, 6) is -0.491. The van der Waals surface area contributed by atoms with E-state index in [1.54, 1.807) is 0 Å². The van der Waals surface area contributed by atoms with Crippen molar-refractivity contribution >= 4 is 11.9 Å². The van der Waals surface area contributed by atoms with E-state index >= 15 is 0 Å². The monoisotopic (exact) mass is 858 g/mol. The van der Waals surface area contributed by atoms with Crippen molar-refractivity contribution in [3.63, 3.8) is 0 Å². The minimum absolute atomic E-state index is 0.0686. The minimum Gasteiger partial charge on any atom is -0.462 e. The quantitative estimate of drug-likeness (QED) is 0.0322. The minimum atomic E-state index is -0.790. The van der Waals surface area contributed by atoms with Crippen LogP contribution in [-0.4, -0.2) is 46.9 Å². The molecule has 1 amide bonds. The Balaban J connectivity index is 4.60. The van der Waals surface area contributed by atoms with Crippen LogP contribution in [0.4, 0.5) is 0 Å². The molecule has 0 spiro atoms. The number of aliphatic hydroxyl groups is 2. The SMILES string of the molecule is CCCCC/C=C\C/C=C\CCCCCCCCCC(CC(=O)NC(CO)C(O)CCCCCCCCCCCCC)OC(=O)CCCCC/C=C\CCCCCCCCC. The topological polar surface area (TPSA) is 95.9 Å². The zero-order valence-corrected chi connectivity index (χ0v) is 40.8. The van der Waals surface area contributed by atoms with Crippen LogP contribution in [-0.2, 0) is 14.3 Å². The molecule has 0 saturated carbocycles. The number of amides is 1. The number of allylic oxidation sites excluding steroid dienone is 6. The van der Waals surface area contributed by atoms with Crippen LogP contribution in [0.3, 0.4) is 0 Å². The summed E-state index contributed by atoms with van der Waals surface area (Å²) in [6.45, 7) is 6.46. The molecular formula is C55H103NO5. The van der Waals surface area contributed by atoms with Gasteiger partial charge in [-0.25, -0.2) is 0 Å². The Morgan fingerprint density at radius 2 is 0.836 bits per heavy atom. The number of aliphatic hydroxyl groups excluding tert-OH is 2. The predicted molar refractivity (Wildman–Crippen MR) is 264 cm³/mol. The van der Waals surface area contributed by atoms with Gasteiger partial charge in [-0.1, -0.05) is 218 Å². The van der Waals surface area contributed by atoms with Gasteiger partial charge in [0, 0.05) is 6.42 Å². The number of esters is 1. The van der Waals surface area contributed by atoms with Crippen LogP contribution in [0.1, 0.15) is 278 Å². The lowest BCUT2D eigenvalue weighted by atomic mass is 10.0. The van der Waals surface area contributed by atoms with Crippen molar-refractivity contribution in [2.24, 2.45) is 0 Å². The number of nitrogens with one attached hydrogen (secondary N) is 1. The molecule has 3 N–H and O–H groups in total. The van der Waals surface area contributed by atoms with E-state index in [-0.39, 0.29) is 24.9 Å². The molecule has 0 aliphatic rings. The van der Waals surface area contributed by atoms with Crippen molar-refractivity contribution in [3.8, 4) is 0 Å². The van der Waals surface area contributed by atoms with Crippen LogP contribution in [0, 0.1) is 0 Å². The van der Waals surface area contributed by atoms with Gasteiger partial charge in [-0.05, 0) is 83.5 Å². The first kappa shape index (κ1) is 59.1. The highest BCUT2D eigenvalue weighted by Crippen LogP contribution is 2.18. The molecule has 6 heteroatoms. The highest BCUT2D eigenvalue weighted by molar-refractivity contribution is 5.77. The predicted octanol–water partition coefficient (Wildman–Crippen LogP) is 16.1. The smallest absolute Gasteiger partial charge is 0.306 e. The third-order valence-corrected chi connectivity index (χ3v) is 12.2. The van der Waals surface area contributed by atoms with Gasteiger partial charge in [-0.2, -0.15) is 0 Å². The zero-order valence-electron chi connectivity index (χ0n) is 40.8. The van der Waals surface area contributed by atoms with Gasteiger partial charge >= 0.3 is 5.97 Å². The largest absolute Gasteiger partial charge is 0.462 e. The average molecular weight is 858 g/mol. The maximum absolute atomic E-state index is 13.2. The second-order valence-corrected chi connectivity index (χ2v) is 18.3. The summed E-state index contributed by atoms with van der Waals surface area (Å²) in [7, 11) is 0. The maximum Gasteiger partial charge on any atom is 0.306 e. The van der Waals surface area contributed by atoms with Gasteiger partial charge in [0.05, 0.1) is 25.2 Å². The Morgan fingerprint density at radius 1 is 0.475 bits per heavy atom. The van der Waals surface area contributed by atoms with Crippen LogP contribution >= 0.6 is 0 Å². The molecule has 358 valence electrons. The van der Waals surface area contributed by atoms with E-state index in [9.17, 15) is 19.8 Å². The van der Waals surface area contributed by atoms with Crippen molar-refractivity contribution in [3.05, 3.63) is 36.5 Å². The van der Waals surface area contributed by atoms with E-state index in [0.29, 0.717) is 19.3 Å². The molecule has 0 fully saturated rings. The highest BCUT2D eigenvalue weighted by Gasteiger charge is 2.24. The molecule has 0 aliphatic carbocycles. The molecule has 0 aliphatic heterocycles. The van der Waals surface area contributed by atoms with Crippen LogP contribution in [0.25, 0.3) is 0 Å². The summed E-state index contributed by atoms with van der Waals surface area (Å²) in [6.07, 6.45) is 57.7. The van der Waals surface area contributed by atoms with Crippen molar-refractivity contribution < 1.29 is 24.5 Å². The first-order valence-corrected chi connectivity index (χ1v) is 26.7.